The van der Waals surface area contributed by atoms with Crippen molar-refractivity contribution < 1.29 is 14.2 Å². The molecule has 0 radical (unpaired) electrons. The molecule has 2 aliphatic rings. The molecule has 6 nitrogen and oxygen atoms in total. The highest BCUT2D eigenvalue weighted by Gasteiger charge is 2.37. The minimum absolute atomic E-state index is 0.248. The maximum atomic E-state index is 5.90. The molecule has 2 saturated heterocycles. The molecule has 2 aliphatic heterocycles. The average Bonchev–Trinajstić information content (AvgIpc) is 2.66. The van der Waals surface area contributed by atoms with Crippen molar-refractivity contribution in [3.63, 3.8) is 0 Å². The average molecular weight is 309 g/mol. The zero-order chi connectivity index (χ0) is 15.6. The lowest BCUT2D eigenvalue weighted by molar-refractivity contribution is -0.0320. The number of aryl methyl sites for hydroxylation is 2. The van der Waals surface area contributed by atoms with E-state index in [-0.39, 0.29) is 5.41 Å². The van der Waals surface area contributed by atoms with E-state index in [1.807, 2.05) is 11.7 Å². The molecule has 3 rings (SSSR count). The van der Waals surface area contributed by atoms with Gasteiger partial charge in [-0.25, -0.2) is 4.68 Å². The minimum Gasteiger partial charge on any atom is -0.481 e. The lowest BCUT2D eigenvalue weighted by atomic mass is 9.80. The summed E-state index contributed by atoms with van der Waals surface area (Å²) >= 11 is 0. The van der Waals surface area contributed by atoms with Crippen LogP contribution >= 0.6 is 0 Å². The Kier molecular flexibility index (Phi) is 4.70. The SMILES string of the molecule is COc1c(CN2CCOCC3(CCOCC3)C2)c(C)nn1C. The van der Waals surface area contributed by atoms with Crippen molar-refractivity contribution in [1.82, 2.24) is 14.7 Å². The van der Waals surface area contributed by atoms with Gasteiger partial charge in [-0.15, -0.1) is 0 Å². The first-order valence-corrected chi connectivity index (χ1v) is 8.08. The molecule has 124 valence electrons. The second-order valence-electron chi connectivity index (χ2n) is 6.57. The summed E-state index contributed by atoms with van der Waals surface area (Å²) in [5, 5.41) is 4.49. The molecule has 22 heavy (non-hydrogen) atoms. The van der Waals surface area contributed by atoms with Crippen molar-refractivity contribution in [2.45, 2.75) is 26.3 Å². The van der Waals surface area contributed by atoms with E-state index in [1.165, 1.54) is 5.56 Å². The summed E-state index contributed by atoms with van der Waals surface area (Å²) < 4.78 is 18.8. The molecule has 1 aromatic rings. The van der Waals surface area contributed by atoms with Gasteiger partial charge in [0.05, 0.1) is 31.6 Å². The number of methoxy groups -OCH3 is 1. The molecule has 0 aromatic carbocycles. The Hall–Kier alpha value is -1.11. The Balaban J connectivity index is 1.76. The summed E-state index contributed by atoms with van der Waals surface area (Å²) in [6.07, 6.45) is 2.18. The summed E-state index contributed by atoms with van der Waals surface area (Å²) in [4.78, 5) is 2.49. The van der Waals surface area contributed by atoms with E-state index in [9.17, 15) is 0 Å². The van der Waals surface area contributed by atoms with E-state index in [0.717, 1.165) is 70.5 Å². The topological polar surface area (TPSA) is 48.8 Å². The molecule has 0 saturated carbocycles. The molecule has 0 bridgehead atoms. The smallest absolute Gasteiger partial charge is 0.216 e. The summed E-state index contributed by atoms with van der Waals surface area (Å²) in [5.41, 5.74) is 2.48. The van der Waals surface area contributed by atoms with Crippen LogP contribution in [0.2, 0.25) is 0 Å². The lowest BCUT2D eigenvalue weighted by Gasteiger charge is -2.38. The molecule has 0 amide bonds. The predicted octanol–water partition coefficient (Wildman–Crippen LogP) is 1.37. The van der Waals surface area contributed by atoms with Crippen LogP contribution in [0.4, 0.5) is 0 Å². The first-order chi connectivity index (χ1) is 10.6. The van der Waals surface area contributed by atoms with Gasteiger partial charge in [-0.3, -0.25) is 4.90 Å². The van der Waals surface area contributed by atoms with Crippen molar-refractivity contribution >= 4 is 0 Å². The Morgan fingerprint density at radius 3 is 2.73 bits per heavy atom. The number of ether oxygens (including phenoxy) is 3. The van der Waals surface area contributed by atoms with Gasteiger partial charge in [-0.2, -0.15) is 5.10 Å². The lowest BCUT2D eigenvalue weighted by Crippen LogP contribution is -2.42. The highest BCUT2D eigenvalue weighted by molar-refractivity contribution is 5.30. The normalized spacial score (nSPS) is 22.7. The van der Waals surface area contributed by atoms with Gasteiger partial charge in [0.25, 0.3) is 0 Å². The van der Waals surface area contributed by atoms with Crippen LogP contribution < -0.4 is 4.74 Å². The number of aromatic nitrogens is 2. The monoisotopic (exact) mass is 309 g/mol. The molecule has 0 N–H and O–H groups in total. The van der Waals surface area contributed by atoms with Crippen LogP contribution in [-0.2, 0) is 23.1 Å². The van der Waals surface area contributed by atoms with Crippen LogP contribution in [0, 0.1) is 12.3 Å². The minimum atomic E-state index is 0.248. The number of hydrogen-bond acceptors (Lipinski definition) is 5. The number of nitrogens with zero attached hydrogens (tertiary/aromatic N) is 3. The van der Waals surface area contributed by atoms with E-state index in [2.05, 4.69) is 16.9 Å². The molecule has 0 aliphatic carbocycles. The molecule has 1 spiro atoms. The molecule has 0 atom stereocenters. The maximum Gasteiger partial charge on any atom is 0.216 e. The van der Waals surface area contributed by atoms with Gasteiger partial charge in [0.15, 0.2) is 0 Å². The van der Waals surface area contributed by atoms with E-state index < -0.39 is 0 Å². The fourth-order valence-electron chi connectivity index (χ4n) is 3.66. The van der Waals surface area contributed by atoms with Gasteiger partial charge in [-0.1, -0.05) is 0 Å². The van der Waals surface area contributed by atoms with Crippen LogP contribution in [0.1, 0.15) is 24.1 Å². The Bertz CT molecular complexity index is 509. The van der Waals surface area contributed by atoms with Crippen LogP contribution in [0.3, 0.4) is 0 Å². The fraction of sp³-hybridized carbons (Fsp3) is 0.812. The fourth-order valence-corrected chi connectivity index (χ4v) is 3.66. The molecule has 1 aromatic heterocycles. The van der Waals surface area contributed by atoms with Crippen molar-refractivity contribution in [1.29, 1.82) is 0 Å². The molecule has 0 unspecified atom stereocenters. The third-order valence-electron chi connectivity index (χ3n) is 4.94. The third-order valence-corrected chi connectivity index (χ3v) is 4.94. The summed E-state index contributed by atoms with van der Waals surface area (Å²) in [6, 6.07) is 0. The zero-order valence-corrected chi connectivity index (χ0v) is 13.9. The number of hydrogen-bond donors (Lipinski definition) is 0. The zero-order valence-electron chi connectivity index (χ0n) is 13.9. The van der Waals surface area contributed by atoms with Crippen LogP contribution in [-0.4, -0.2) is 61.3 Å². The summed E-state index contributed by atoms with van der Waals surface area (Å²) in [6.45, 7) is 8.30. The Morgan fingerprint density at radius 2 is 2.00 bits per heavy atom. The van der Waals surface area contributed by atoms with E-state index in [0.29, 0.717) is 0 Å². The van der Waals surface area contributed by atoms with Crippen molar-refractivity contribution in [3.05, 3.63) is 11.3 Å². The van der Waals surface area contributed by atoms with Crippen molar-refractivity contribution in [2.75, 3.05) is 46.6 Å². The quantitative estimate of drug-likeness (QED) is 0.844. The van der Waals surface area contributed by atoms with Gasteiger partial charge in [0, 0.05) is 45.3 Å². The summed E-state index contributed by atoms with van der Waals surface area (Å²) in [7, 11) is 3.65. The van der Waals surface area contributed by atoms with Crippen molar-refractivity contribution in [3.8, 4) is 5.88 Å². The standard InChI is InChI=1S/C16H27N3O3/c1-13-14(15(20-3)18(2)17-13)10-19-6-9-22-12-16(11-19)4-7-21-8-5-16/h4-12H2,1-3H3. The van der Waals surface area contributed by atoms with Crippen LogP contribution in [0.5, 0.6) is 5.88 Å². The third kappa shape index (κ3) is 3.14. The second kappa shape index (κ2) is 6.56. The molecule has 6 heteroatoms. The molecular formula is C16H27N3O3. The van der Waals surface area contributed by atoms with Crippen LogP contribution in [0.25, 0.3) is 0 Å². The highest BCUT2D eigenvalue weighted by atomic mass is 16.5. The molecular weight excluding hydrogens is 282 g/mol. The first kappa shape index (κ1) is 15.8. The predicted molar refractivity (Wildman–Crippen MR) is 83.1 cm³/mol. The Labute approximate surface area is 132 Å². The van der Waals surface area contributed by atoms with E-state index in [1.54, 1.807) is 7.11 Å². The van der Waals surface area contributed by atoms with Gasteiger partial charge in [-0.05, 0) is 19.8 Å². The number of rotatable bonds is 3. The summed E-state index contributed by atoms with van der Waals surface area (Å²) in [5.74, 6) is 0.865. The molecule has 2 fully saturated rings. The maximum absolute atomic E-state index is 5.90. The van der Waals surface area contributed by atoms with Crippen LogP contribution in [0.15, 0.2) is 0 Å². The second-order valence-corrected chi connectivity index (χ2v) is 6.57. The van der Waals surface area contributed by atoms with Gasteiger partial charge < -0.3 is 14.2 Å². The van der Waals surface area contributed by atoms with E-state index >= 15 is 0 Å². The van der Waals surface area contributed by atoms with Gasteiger partial charge in [0.2, 0.25) is 5.88 Å². The van der Waals surface area contributed by atoms with Crippen molar-refractivity contribution in [2.24, 2.45) is 12.5 Å². The first-order valence-electron chi connectivity index (χ1n) is 8.08. The van der Waals surface area contributed by atoms with Gasteiger partial charge >= 0.3 is 0 Å². The largest absolute Gasteiger partial charge is 0.481 e. The Morgan fingerprint density at radius 1 is 1.23 bits per heavy atom. The van der Waals surface area contributed by atoms with E-state index in [4.69, 9.17) is 14.2 Å². The van der Waals surface area contributed by atoms with Gasteiger partial charge in [0.1, 0.15) is 0 Å². The molecule has 3 heterocycles. The highest BCUT2D eigenvalue weighted by Crippen LogP contribution is 2.34.